The van der Waals surface area contributed by atoms with E-state index in [9.17, 15) is 10.1 Å². The molecule has 1 unspecified atom stereocenters. The van der Waals surface area contributed by atoms with Gasteiger partial charge >= 0.3 is 0 Å². The highest BCUT2D eigenvalue weighted by Gasteiger charge is 2.34. The summed E-state index contributed by atoms with van der Waals surface area (Å²) in [4.78, 5) is 13.0. The summed E-state index contributed by atoms with van der Waals surface area (Å²) in [7, 11) is 0. The van der Waals surface area contributed by atoms with Gasteiger partial charge in [-0.3, -0.25) is 10.1 Å². The summed E-state index contributed by atoms with van der Waals surface area (Å²) in [5, 5.41) is 14.4. The van der Waals surface area contributed by atoms with Crippen LogP contribution in [0.2, 0.25) is 0 Å². The van der Waals surface area contributed by atoms with Crippen LogP contribution in [0.25, 0.3) is 0 Å². The number of nitrogens with zero attached hydrogens (tertiary/aromatic N) is 2. The van der Waals surface area contributed by atoms with Gasteiger partial charge in [-0.2, -0.15) is 0 Å². The van der Waals surface area contributed by atoms with Crippen LogP contribution in [0.4, 0.5) is 11.4 Å². The molecule has 0 aliphatic carbocycles. The topological polar surface area (TPSA) is 58.4 Å². The fourth-order valence-electron chi connectivity index (χ4n) is 3.21. The average molecular weight is 261 g/mol. The fraction of sp³-hybridized carbons (Fsp3) is 0.571. The minimum Gasteiger partial charge on any atom is -0.380 e. The molecule has 0 spiro atoms. The van der Waals surface area contributed by atoms with Gasteiger partial charge in [0.05, 0.1) is 4.92 Å². The quantitative estimate of drug-likeness (QED) is 0.670. The molecule has 0 aromatic heterocycles. The third kappa shape index (κ3) is 2.42. The first-order valence-electron chi connectivity index (χ1n) is 6.87. The Morgan fingerprint density at radius 2 is 2.11 bits per heavy atom. The number of fused-ring (bicyclic) bond motifs is 3. The highest BCUT2D eigenvalue weighted by atomic mass is 16.6. The van der Waals surface area contributed by atoms with Gasteiger partial charge in [0, 0.05) is 30.4 Å². The maximum Gasteiger partial charge on any atom is 0.271 e. The van der Waals surface area contributed by atoms with Gasteiger partial charge in [0.2, 0.25) is 0 Å². The zero-order chi connectivity index (χ0) is 13.4. The predicted molar refractivity (Wildman–Crippen MR) is 74.4 cm³/mol. The number of nitro groups is 1. The summed E-state index contributed by atoms with van der Waals surface area (Å²) >= 11 is 0. The second-order valence-electron chi connectivity index (χ2n) is 5.65. The number of nitrogens with one attached hydrogen (secondary N) is 1. The van der Waals surface area contributed by atoms with Crippen LogP contribution >= 0.6 is 0 Å². The Morgan fingerprint density at radius 1 is 1.37 bits per heavy atom. The van der Waals surface area contributed by atoms with E-state index in [2.05, 4.69) is 10.2 Å². The summed E-state index contributed by atoms with van der Waals surface area (Å²) in [6, 6.07) is 5.48. The summed E-state index contributed by atoms with van der Waals surface area (Å²) in [6.45, 7) is 5.47. The highest BCUT2D eigenvalue weighted by Crippen LogP contribution is 2.31. The minimum atomic E-state index is -0.332. The molecule has 2 bridgehead atoms. The Labute approximate surface area is 112 Å². The number of aryl methyl sites for hydroxylation is 1. The maximum absolute atomic E-state index is 10.9. The molecule has 0 radical (unpaired) electrons. The van der Waals surface area contributed by atoms with Crippen molar-refractivity contribution in [2.75, 3.05) is 25.0 Å². The van der Waals surface area contributed by atoms with Crippen LogP contribution in [-0.4, -0.2) is 35.5 Å². The van der Waals surface area contributed by atoms with E-state index in [-0.39, 0.29) is 10.6 Å². The van der Waals surface area contributed by atoms with E-state index >= 15 is 0 Å². The standard InChI is InChI=1S/C14H19N3O2/c1-10-2-3-12(17(18)19)8-13(10)15-14-9-16-6-4-11(14)5-7-16/h2-3,8,11,14-15H,4-7,9H2,1H3. The number of hydrogen-bond donors (Lipinski definition) is 1. The molecular weight excluding hydrogens is 242 g/mol. The molecule has 5 nitrogen and oxygen atoms in total. The molecule has 0 saturated carbocycles. The van der Waals surface area contributed by atoms with E-state index in [1.54, 1.807) is 12.1 Å². The van der Waals surface area contributed by atoms with Crippen molar-refractivity contribution in [2.45, 2.75) is 25.8 Å². The number of benzene rings is 1. The van der Waals surface area contributed by atoms with Gasteiger partial charge in [0.25, 0.3) is 5.69 Å². The lowest BCUT2D eigenvalue weighted by molar-refractivity contribution is -0.384. The summed E-state index contributed by atoms with van der Waals surface area (Å²) in [5.41, 5.74) is 2.14. The lowest BCUT2D eigenvalue weighted by atomic mass is 9.84. The molecular formula is C14H19N3O2. The lowest BCUT2D eigenvalue weighted by Crippen LogP contribution is -2.53. The van der Waals surface area contributed by atoms with Crippen LogP contribution in [0.5, 0.6) is 0 Å². The number of hydrogen-bond acceptors (Lipinski definition) is 4. The maximum atomic E-state index is 10.9. The Bertz CT molecular complexity index is 495. The van der Waals surface area contributed by atoms with Gasteiger partial charge in [-0.15, -0.1) is 0 Å². The van der Waals surface area contributed by atoms with E-state index in [4.69, 9.17) is 0 Å². The Morgan fingerprint density at radius 3 is 2.68 bits per heavy atom. The van der Waals surface area contributed by atoms with Crippen molar-refractivity contribution in [1.82, 2.24) is 4.90 Å². The SMILES string of the molecule is Cc1ccc([N+](=O)[O-])cc1NC1CN2CCC1CC2. The van der Waals surface area contributed by atoms with E-state index in [1.165, 1.54) is 25.9 Å². The molecule has 19 heavy (non-hydrogen) atoms. The molecule has 0 amide bonds. The van der Waals surface area contributed by atoms with Crippen LogP contribution in [0.3, 0.4) is 0 Å². The molecule has 1 aromatic carbocycles. The molecule has 3 saturated heterocycles. The summed E-state index contributed by atoms with van der Waals surface area (Å²) in [6.07, 6.45) is 2.48. The Balaban J connectivity index is 1.79. The van der Waals surface area contributed by atoms with Crippen molar-refractivity contribution >= 4 is 11.4 Å². The number of nitro benzene ring substituents is 1. The van der Waals surface area contributed by atoms with Crippen LogP contribution < -0.4 is 5.32 Å². The minimum absolute atomic E-state index is 0.161. The van der Waals surface area contributed by atoms with Crippen molar-refractivity contribution in [3.05, 3.63) is 33.9 Å². The first-order chi connectivity index (χ1) is 9.13. The molecule has 4 rings (SSSR count). The van der Waals surface area contributed by atoms with Crippen LogP contribution in [-0.2, 0) is 0 Å². The average Bonchev–Trinajstić information content (AvgIpc) is 2.42. The third-order valence-electron chi connectivity index (χ3n) is 4.43. The predicted octanol–water partition coefficient (Wildman–Crippen LogP) is 2.41. The second kappa shape index (κ2) is 4.81. The third-order valence-corrected chi connectivity index (χ3v) is 4.43. The van der Waals surface area contributed by atoms with Crippen molar-refractivity contribution < 1.29 is 4.92 Å². The molecule has 3 fully saturated rings. The lowest BCUT2D eigenvalue weighted by Gasteiger charge is -2.45. The highest BCUT2D eigenvalue weighted by molar-refractivity contribution is 5.57. The van der Waals surface area contributed by atoms with Crippen molar-refractivity contribution in [3.8, 4) is 0 Å². The van der Waals surface area contributed by atoms with E-state index in [0.717, 1.165) is 17.8 Å². The fourth-order valence-corrected chi connectivity index (χ4v) is 3.21. The zero-order valence-electron chi connectivity index (χ0n) is 11.1. The van der Waals surface area contributed by atoms with E-state index in [0.29, 0.717) is 12.0 Å². The normalized spacial score (nSPS) is 29.2. The molecule has 1 atom stereocenters. The van der Waals surface area contributed by atoms with Gasteiger partial charge in [-0.1, -0.05) is 6.07 Å². The molecule has 102 valence electrons. The number of rotatable bonds is 3. The van der Waals surface area contributed by atoms with Gasteiger partial charge in [0.15, 0.2) is 0 Å². The molecule has 1 aromatic rings. The van der Waals surface area contributed by atoms with E-state index < -0.39 is 0 Å². The van der Waals surface area contributed by atoms with Gasteiger partial charge in [0.1, 0.15) is 0 Å². The van der Waals surface area contributed by atoms with Crippen LogP contribution in [0.15, 0.2) is 18.2 Å². The monoisotopic (exact) mass is 261 g/mol. The Kier molecular flexibility index (Phi) is 3.14. The molecule has 3 aliphatic heterocycles. The molecule has 3 heterocycles. The van der Waals surface area contributed by atoms with Crippen molar-refractivity contribution in [2.24, 2.45) is 5.92 Å². The molecule has 3 aliphatic rings. The Hall–Kier alpha value is -1.62. The summed E-state index contributed by atoms with van der Waals surface area (Å²) in [5.74, 6) is 0.712. The molecule has 1 N–H and O–H groups in total. The van der Waals surface area contributed by atoms with Crippen molar-refractivity contribution in [3.63, 3.8) is 0 Å². The number of non-ortho nitro benzene ring substituents is 1. The van der Waals surface area contributed by atoms with Crippen molar-refractivity contribution in [1.29, 1.82) is 0 Å². The first-order valence-corrected chi connectivity index (χ1v) is 6.87. The zero-order valence-corrected chi connectivity index (χ0v) is 11.1. The number of piperidine rings is 3. The summed E-state index contributed by atoms with van der Waals surface area (Å²) < 4.78 is 0. The van der Waals surface area contributed by atoms with E-state index in [1.807, 2.05) is 13.0 Å². The largest absolute Gasteiger partial charge is 0.380 e. The number of anilines is 1. The smallest absolute Gasteiger partial charge is 0.271 e. The van der Waals surface area contributed by atoms with Gasteiger partial charge in [-0.05, 0) is 44.3 Å². The van der Waals surface area contributed by atoms with Crippen LogP contribution in [0.1, 0.15) is 18.4 Å². The first kappa shape index (κ1) is 12.4. The molecule has 5 heteroatoms. The second-order valence-corrected chi connectivity index (χ2v) is 5.65. The van der Waals surface area contributed by atoms with Gasteiger partial charge in [-0.25, -0.2) is 0 Å². The van der Waals surface area contributed by atoms with Gasteiger partial charge < -0.3 is 10.2 Å². The van der Waals surface area contributed by atoms with Crippen LogP contribution in [0, 0.1) is 23.0 Å².